The molecule has 1 saturated carbocycles. The first-order valence-corrected chi connectivity index (χ1v) is 6.75. The molecule has 0 aromatic rings. The van der Waals surface area contributed by atoms with E-state index in [2.05, 4.69) is 12.2 Å². The lowest BCUT2D eigenvalue weighted by molar-refractivity contribution is -0.142. The summed E-state index contributed by atoms with van der Waals surface area (Å²) in [5, 5.41) is 3.01. The maximum atomic E-state index is 12.3. The van der Waals surface area contributed by atoms with Gasteiger partial charge in [-0.25, -0.2) is 0 Å². The van der Waals surface area contributed by atoms with Crippen LogP contribution in [0.3, 0.4) is 0 Å². The normalized spacial score (nSPS) is 40.5. The molecule has 3 fully saturated rings. The fraction of sp³-hybridized carbons (Fsp3) is 0.846. The molecule has 0 radical (unpaired) electrons. The second-order valence-corrected chi connectivity index (χ2v) is 5.87. The predicted octanol–water partition coefficient (Wildman–Crippen LogP) is 0.912. The van der Waals surface area contributed by atoms with Crippen molar-refractivity contribution >= 4 is 11.8 Å². The Kier molecular flexibility index (Phi) is 2.60. The van der Waals surface area contributed by atoms with Crippen LogP contribution in [0.25, 0.3) is 0 Å². The van der Waals surface area contributed by atoms with E-state index in [0.717, 1.165) is 32.2 Å². The van der Waals surface area contributed by atoms with Crippen LogP contribution in [0.2, 0.25) is 0 Å². The third-order valence-electron chi connectivity index (χ3n) is 4.57. The Morgan fingerprint density at radius 2 is 2.12 bits per heavy atom. The molecule has 3 aliphatic rings. The van der Waals surface area contributed by atoms with E-state index in [0.29, 0.717) is 18.2 Å². The van der Waals surface area contributed by atoms with Gasteiger partial charge in [0.15, 0.2) is 0 Å². The third kappa shape index (κ3) is 1.83. The molecule has 2 atom stereocenters. The van der Waals surface area contributed by atoms with Crippen molar-refractivity contribution in [1.29, 1.82) is 0 Å². The molecule has 0 bridgehead atoms. The molecule has 2 amide bonds. The van der Waals surface area contributed by atoms with Gasteiger partial charge in [-0.1, -0.05) is 6.92 Å². The molecule has 0 aromatic carbocycles. The number of carbonyl (C=O) groups is 2. The lowest BCUT2D eigenvalue weighted by Gasteiger charge is -2.38. The fourth-order valence-electron chi connectivity index (χ4n) is 3.55. The standard InChI is InChI=1S/C13H20N2O2/c1-8-6-9(7-8)13(17)15-5-4-10-11(15)2-3-12(16)14-10/h8-11H,2-7H2,1H3,(H,14,16)/t8?,9?,10-,11-/m0/s1. The molecule has 0 spiro atoms. The Labute approximate surface area is 102 Å². The summed E-state index contributed by atoms with van der Waals surface area (Å²) in [4.78, 5) is 25.7. The minimum atomic E-state index is 0.151. The van der Waals surface area contributed by atoms with Gasteiger partial charge in [0.2, 0.25) is 11.8 Å². The van der Waals surface area contributed by atoms with E-state index in [1.807, 2.05) is 4.90 Å². The van der Waals surface area contributed by atoms with Crippen LogP contribution in [-0.4, -0.2) is 35.3 Å². The molecule has 1 N–H and O–H groups in total. The number of hydrogen-bond acceptors (Lipinski definition) is 2. The van der Waals surface area contributed by atoms with E-state index in [9.17, 15) is 9.59 Å². The van der Waals surface area contributed by atoms with Crippen LogP contribution in [-0.2, 0) is 9.59 Å². The molecule has 94 valence electrons. The zero-order valence-electron chi connectivity index (χ0n) is 10.3. The molecule has 1 aliphatic carbocycles. The zero-order chi connectivity index (χ0) is 12.0. The highest BCUT2D eigenvalue weighted by Crippen LogP contribution is 2.37. The number of nitrogens with zero attached hydrogens (tertiary/aromatic N) is 1. The third-order valence-corrected chi connectivity index (χ3v) is 4.57. The lowest BCUT2D eigenvalue weighted by Crippen LogP contribution is -2.52. The summed E-state index contributed by atoms with van der Waals surface area (Å²) in [6.45, 7) is 3.04. The number of piperidine rings is 1. The molecule has 2 saturated heterocycles. The van der Waals surface area contributed by atoms with Gasteiger partial charge < -0.3 is 10.2 Å². The minimum Gasteiger partial charge on any atom is -0.351 e. The molecule has 3 rings (SSSR count). The van der Waals surface area contributed by atoms with Gasteiger partial charge in [0.25, 0.3) is 0 Å². The average Bonchev–Trinajstić information content (AvgIpc) is 2.66. The van der Waals surface area contributed by atoms with Gasteiger partial charge in [0.05, 0.1) is 12.1 Å². The largest absolute Gasteiger partial charge is 0.351 e. The van der Waals surface area contributed by atoms with Gasteiger partial charge in [0.1, 0.15) is 0 Å². The van der Waals surface area contributed by atoms with Gasteiger partial charge in [-0.2, -0.15) is 0 Å². The SMILES string of the molecule is CC1CC(C(=O)N2CC[C@@H]3NC(=O)CC[C@@H]32)C1. The average molecular weight is 236 g/mol. The Hall–Kier alpha value is -1.06. The van der Waals surface area contributed by atoms with Crippen molar-refractivity contribution in [3.63, 3.8) is 0 Å². The van der Waals surface area contributed by atoms with Gasteiger partial charge in [-0.15, -0.1) is 0 Å². The Morgan fingerprint density at radius 1 is 1.35 bits per heavy atom. The Balaban J connectivity index is 1.65. The van der Waals surface area contributed by atoms with Gasteiger partial charge >= 0.3 is 0 Å². The van der Waals surface area contributed by atoms with E-state index >= 15 is 0 Å². The molecule has 17 heavy (non-hydrogen) atoms. The highest BCUT2D eigenvalue weighted by atomic mass is 16.2. The lowest BCUT2D eigenvalue weighted by atomic mass is 9.75. The summed E-state index contributed by atoms with van der Waals surface area (Å²) in [6.07, 6.45) is 4.47. The van der Waals surface area contributed by atoms with Crippen molar-refractivity contribution in [2.75, 3.05) is 6.54 Å². The van der Waals surface area contributed by atoms with Crippen LogP contribution in [0, 0.1) is 11.8 Å². The van der Waals surface area contributed by atoms with Crippen molar-refractivity contribution in [2.45, 2.75) is 51.1 Å². The number of fused-ring (bicyclic) bond motifs is 1. The number of carbonyl (C=O) groups excluding carboxylic acids is 2. The topological polar surface area (TPSA) is 49.4 Å². The quantitative estimate of drug-likeness (QED) is 0.735. The number of hydrogen-bond donors (Lipinski definition) is 1. The molecule has 4 nitrogen and oxygen atoms in total. The first kappa shape index (κ1) is 11.1. The zero-order valence-corrected chi connectivity index (χ0v) is 10.3. The number of rotatable bonds is 1. The van der Waals surface area contributed by atoms with Crippen LogP contribution in [0.1, 0.15) is 39.0 Å². The van der Waals surface area contributed by atoms with E-state index in [4.69, 9.17) is 0 Å². The summed E-state index contributed by atoms with van der Waals surface area (Å²) in [7, 11) is 0. The molecule has 0 aromatic heterocycles. The second-order valence-electron chi connectivity index (χ2n) is 5.87. The van der Waals surface area contributed by atoms with Gasteiger partial charge in [-0.3, -0.25) is 9.59 Å². The number of amides is 2. The first-order chi connectivity index (χ1) is 8.15. The fourth-order valence-corrected chi connectivity index (χ4v) is 3.55. The second kappa shape index (κ2) is 4.00. The van der Waals surface area contributed by atoms with E-state index in [-0.39, 0.29) is 23.9 Å². The highest BCUT2D eigenvalue weighted by Gasteiger charge is 2.44. The van der Waals surface area contributed by atoms with Crippen molar-refractivity contribution in [2.24, 2.45) is 11.8 Å². The van der Waals surface area contributed by atoms with Gasteiger partial charge in [-0.05, 0) is 31.6 Å². The van der Waals surface area contributed by atoms with Crippen LogP contribution < -0.4 is 5.32 Å². The number of likely N-dealkylation sites (tertiary alicyclic amines) is 1. The van der Waals surface area contributed by atoms with Crippen LogP contribution in [0.5, 0.6) is 0 Å². The van der Waals surface area contributed by atoms with Gasteiger partial charge in [0, 0.05) is 18.9 Å². The predicted molar refractivity (Wildman–Crippen MR) is 63.2 cm³/mol. The maximum absolute atomic E-state index is 12.3. The molecule has 2 heterocycles. The smallest absolute Gasteiger partial charge is 0.226 e. The van der Waals surface area contributed by atoms with Crippen molar-refractivity contribution in [3.05, 3.63) is 0 Å². The molecule has 4 heteroatoms. The number of nitrogens with one attached hydrogen (secondary N) is 1. The summed E-state index contributed by atoms with van der Waals surface area (Å²) in [5.41, 5.74) is 0. The molecular weight excluding hydrogens is 216 g/mol. The summed E-state index contributed by atoms with van der Waals surface area (Å²) < 4.78 is 0. The Bertz CT molecular complexity index is 349. The summed E-state index contributed by atoms with van der Waals surface area (Å²) in [6, 6.07) is 0.494. The first-order valence-electron chi connectivity index (χ1n) is 6.75. The van der Waals surface area contributed by atoms with Crippen LogP contribution >= 0.6 is 0 Å². The Morgan fingerprint density at radius 3 is 2.82 bits per heavy atom. The summed E-state index contributed by atoms with van der Waals surface area (Å²) in [5.74, 6) is 1.47. The van der Waals surface area contributed by atoms with Crippen molar-refractivity contribution < 1.29 is 9.59 Å². The highest BCUT2D eigenvalue weighted by molar-refractivity contribution is 5.82. The molecular formula is C13H20N2O2. The molecule has 2 aliphatic heterocycles. The van der Waals surface area contributed by atoms with E-state index in [1.54, 1.807) is 0 Å². The van der Waals surface area contributed by atoms with Crippen LogP contribution in [0.15, 0.2) is 0 Å². The van der Waals surface area contributed by atoms with Crippen LogP contribution in [0.4, 0.5) is 0 Å². The van der Waals surface area contributed by atoms with Crippen molar-refractivity contribution in [1.82, 2.24) is 10.2 Å². The molecule has 0 unspecified atom stereocenters. The minimum absolute atomic E-state index is 0.151. The van der Waals surface area contributed by atoms with E-state index in [1.165, 1.54) is 0 Å². The monoisotopic (exact) mass is 236 g/mol. The van der Waals surface area contributed by atoms with E-state index < -0.39 is 0 Å². The maximum Gasteiger partial charge on any atom is 0.226 e. The van der Waals surface area contributed by atoms with Crippen molar-refractivity contribution in [3.8, 4) is 0 Å². The summed E-state index contributed by atoms with van der Waals surface area (Å²) >= 11 is 0.